The number of benzene rings is 1. The summed E-state index contributed by atoms with van der Waals surface area (Å²) in [6, 6.07) is 10.6. The highest BCUT2D eigenvalue weighted by Gasteiger charge is 2.34. The van der Waals surface area contributed by atoms with E-state index in [4.69, 9.17) is 27.0 Å². The van der Waals surface area contributed by atoms with Crippen LogP contribution >= 0.6 is 11.3 Å². The molecule has 2 aliphatic heterocycles. The highest BCUT2D eigenvalue weighted by Crippen LogP contribution is 2.26. The highest BCUT2D eigenvalue weighted by molar-refractivity contribution is 7.17. The largest absolute Gasteiger partial charge is 0.491 e. The van der Waals surface area contributed by atoms with Gasteiger partial charge in [-0.05, 0) is 70.1 Å². The Morgan fingerprint density at radius 2 is 1.80 bits per heavy atom. The van der Waals surface area contributed by atoms with Crippen molar-refractivity contribution in [3.8, 4) is 5.75 Å². The number of amides is 2. The number of carbonyl (C=O) groups is 2. The minimum absolute atomic E-state index is 0.00631. The van der Waals surface area contributed by atoms with Crippen molar-refractivity contribution in [2.45, 2.75) is 33.3 Å². The van der Waals surface area contributed by atoms with E-state index < -0.39 is 0 Å². The molecule has 1 atom stereocenters. The van der Waals surface area contributed by atoms with Crippen LogP contribution in [0.1, 0.15) is 43.3 Å². The number of likely N-dealkylation sites (tertiary alicyclic amines) is 1. The number of hydrogen-bond acceptors (Lipinski definition) is 11. The normalized spacial score (nSPS) is 16.9. The third kappa shape index (κ3) is 7.45. The molecular weight excluding hydrogens is 604 g/mol. The Bertz CT molecular complexity index is 1580. The van der Waals surface area contributed by atoms with E-state index in [9.17, 15) is 9.59 Å². The van der Waals surface area contributed by atoms with Crippen LogP contribution in [0.4, 0.5) is 16.6 Å². The summed E-state index contributed by atoms with van der Waals surface area (Å²) in [5.74, 6) is 0.910. The summed E-state index contributed by atoms with van der Waals surface area (Å²) in [6.07, 6.45) is 2.31. The van der Waals surface area contributed by atoms with Gasteiger partial charge in [0.1, 0.15) is 23.1 Å². The molecule has 2 aromatic heterocycles. The molecule has 0 spiro atoms. The molecule has 3 aromatic rings. The van der Waals surface area contributed by atoms with Crippen LogP contribution in [0.3, 0.4) is 0 Å². The second kappa shape index (κ2) is 14.3. The third-order valence-corrected chi connectivity index (χ3v) is 9.26. The molecule has 1 aromatic carbocycles. The minimum atomic E-state index is -0.263. The highest BCUT2D eigenvalue weighted by atomic mass is 32.1. The van der Waals surface area contributed by atoms with Crippen LogP contribution in [0.15, 0.2) is 42.6 Å². The van der Waals surface area contributed by atoms with Gasteiger partial charge in [0.15, 0.2) is 5.13 Å². The number of thiazole rings is 1. The minimum Gasteiger partial charge on any atom is -0.491 e. The Morgan fingerprint density at radius 1 is 1.09 bits per heavy atom. The van der Waals surface area contributed by atoms with E-state index in [1.807, 2.05) is 37.8 Å². The van der Waals surface area contributed by atoms with Crippen molar-refractivity contribution >= 4 is 51.3 Å². The number of carbonyl (C=O) groups excluding carboxylic acids is 2. The second-order valence-electron chi connectivity index (χ2n) is 11.8. The van der Waals surface area contributed by atoms with Crippen molar-refractivity contribution in [3.63, 3.8) is 0 Å². The Balaban J connectivity index is 1.16. The molecule has 4 heterocycles. The lowest BCUT2D eigenvalue weighted by Gasteiger charge is -2.35. The summed E-state index contributed by atoms with van der Waals surface area (Å²) in [5, 5.41) is 17.2. The molecule has 2 saturated heterocycles. The quantitative estimate of drug-likeness (QED) is 0.180. The van der Waals surface area contributed by atoms with E-state index in [1.54, 1.807) is 35.4 Å². The summed E-state index contributed by atoms with van der Waals surface area (Å²) in [5.41, 5.74) is 13.3. The fourth-order valence-corrected chi connectivity index (χ4v) is 6.55. The van der Waals surface area contributed by atoms with Crippen LogP contribution in [0.2, 0.25) is 0 Å². The number of piperazine rings is 1. The average Bonchev–Trinajstić information content (AvgIpc) is 3.73. The molecule has 2 amide bonds. The number of pyridine rings is 1. The van der Waals surface area contributed by atoms with Gasteiger partial charge in [-0.2, -0.15) is 0 Å². The molecule has 0 bridgehead atoms. The maximum absolute atomic E-state index is 13.7. The standard InChI is InChI=1S/C32H42N10O3S/c1-4-42(26-10-9-24(33)29(38-26)28(34)21-5-7-23(8-6-21)45-20(2)3)31(44)22-11-12-39(18-22)19-27(43)40-13-15-41(16-14-40)32-37-17-25(46-32)30(35)36/h5-10,17,20,22,34H,4,11-16,18-19,33H2,1-3H3,(H3,35,36)/t22-/m1/s1. The van der Waals surface area contributed by atoms with Crippen LogP contribution in [0.25, 0.3) is 0 Å². The maximum Gasteiger partial charge on any atom is 0.236 e. The van der Waals surface area contributed by atoms with Crippen molar-refractivity contribution in [2.75, 3.05) is 67.9 Å². The molecule has 0 saturated carbocycles. The van der Waals surface area contributed by atoms with Crippen molar-refractivity contribution in [1.29, 1.82) is 10.8 Å². The summed E-state index contributed by atoms with van der Waals surface area (Å²) in [6.45, 7) is 10.1. The number of amidine groups is 1. The van der Waals surface area contributed by atoms with Gasteiger partial charge < -0.3 is 26.0 Å². The lowest BCUT2D eigenvalue weighted by Crippen LogP contribution is -2.51. The number of rotatable bonds is 11. The number of hydrogen-bond donors (Lipinski definition) is 4. The first-order valence-electron chi connectivity index (χ1n) is 15.5. The van der Waals surface area contributed by atoms with E-state index in [0.29, 0.717) is 79.9 Å². The SMILES string of the molecule is CCN(C(=O)[C@@H]1CCN(CC(=O)N2CCN(c3ncc(C(=N)N)s3)CC2)C1)c1ccc(N)c(C(=N)c2ccc(OC(C)C)cc2)n1. The van der Waals surface area contributed by atoms with Crippen LogP contribution in [-0.2, 0) is 9.59 Å². The van der Waals surface area contributed by atoms with E-state index in [2.05, 4.69) is 19.8 Å². The van der Waals surface area contributed by atoms with Gasteiger partial charge >= 0.3 is 0 Å². The average molecular weight is 647 g/mol. The monoisotopic (exact) mass is 646 g/mol. The lowest BCUT2D eigenvalue weighted by atomic mass is 10.0. The van der Waals surface area contributed by atoms with Crippen LogP contribution in [0.5, 0.6) is 5.75 Å². The zero-order valence-corrected chi connectivity index (χ0v) is 27.3. The Kier molecular flexibility index (Phi) is 10.2. The zero-order chi connectivity index (χ0) is 33.0. The third-order valence-electron chi connectivity index (χ3n) is 8.16. The molecule has 2 fully saturated rings. The van der Waals surface area contributed by atoms with Gasteiger partial charge in [-0.1, -0.05) is 11.3 Å². The first-order valence-corrected chi connectivity index (χ1v) is 16.3. The van der Waals surface area contributed by atoms with Gasteiger partial charge in [0.2, 0.25) is 11.8 Å². The summed E-state index contributed by atoms with van der Waals surface area (Å²) in [4.78, 5) is 44.2. The van der Waals surface area contributed by atoms with E-state index in [1.165, 1.54) is 11.3 Å². The Morgan fingerprint density at radius 3 is 2.43 bits per heavy atom. The van der Waals surface area contributed by atoms with Crippen molar-refractivity contribution in [1.82, 2.24) is 19.8 Å². The van der Waals surface area contributed by atoms with E-state index in [0.717, 1.165) is 10.9 Å². The molecule has 5 rings (SSSR count). The van der Waals surface area contributed by atoms with Crippen molar-refractivity contribution in [2.24, 2.45) is 11.7 Å². The van der Waals surface area contributed by atoms with Gasteiger partial charge in [-0.25, -0.2) is 9.97 Å². The molecular formula is C32H42N10O3S. The number of anilines is 3. The second-order valence-corrected chi connectivity index (χ2v) is 12.8. The first-order chi connectivity index (χ1) is 22.0. The fourth-order valence-electron chi connectivity index (χ4n) is 5.72. The number of ether oxygens (including phenoxy) is 1. The number of nitrogens with zero attached hydrogens (tertiary/aromatic N) is 6. The van der Waals surface area contributed by atoms with Crippen LogP contribution in [-0.4, -0.2) is 102 Å². The number of nitrogen functional groups attached to an aromatic ring is 2. The predicted octanol–water partition coefficient (Wildman–Crippen LogP) is 2.63. The van der Waals surface area contributed by atoms with Gasteiger partial charge in [-0.3, -0.25) is 30.2 Å². The Hall–Kier alpha value is -4.56. The topological polar surface area (TPSA) is 182 Å². The van der Waals surface area contributed by atoms with Crippen molar-refractivity contribution in [3.05, 3.63) is 58.7 Å². The molecule has 0 radical (unpaired) electrons. The molecule has 6 N–H and O–H groups in total. The van der Waals surface area contributed by atoms with Crippen molar-refractivity contribution < 1.29 is 14.3 Å². The number of aromatic nitrogens is 2. The van der Waals surface area contributed by atoms with Gasteiger partial charge in [0.05, 0.1) is 41.0 Å². The Labute approximate surface area is 273 Å². The zero-order valence-electron chi connectivity index (χ0n) is 26.5. The predicted molar refractivity (Wildman–Crippen MR) is 181 cm³/mol. The maximum atomic E-state index is 13.7. The molecule has 13 nitrogen and oxygen atoms in total. The van der Waals surface area contributed by atoms with Crippen LogP contribution < -0.4 is 26.0 Å². The molecule has 46 heavy (non-hydrogen) atoms. The fraction of sp³-hybridized carbons (Fsp3) is 0.438. The summed E-state index contributed by atoms with van der Waals surface area (Å²) < 4.78 is 5.71. The van der Waals surface area contributed by atoms with Gasteiger partial charge in [0.25, 0.3) is 0 Å². The summed E-state index contributed by atoms with van der Waals surface area (Å²) >= 11 is 1.38. The molecule has 244 valence electrons. The van der Waals surface area contributed by atoms with Crippen LogP contribution in [0, 0.1) is 16.7 Å². The first kappa shape index (κ1) is 32.8. The summed E-state index contributed by atoms with van der Waals surface area (Å²) in [7, 11) is 0. The van der Waals surface area contributed by atoms with Gasteiger partial charge in [0, 0.05) is 44.8 Å². The van der Waals surface area contributed by atoms with E-state index in [-0.39, 0.29) is 41.9 Å². The molecule has 14 heteroatoms. The molecule has 0 unspecified atom stereocenters. The molecule has 2 aliphatic rings. The van der Waals surface area contributed by atoms with Gasteiger partial charge in [-0.15, -0.1) is 0 Å². The smallest absolute Gasteiger partial charge is 0.236 e. The number of nitrogens with two attached hydrogens (primary N) is 2. The van der Waals surface area contributed by atoms with E-state index >= 15 is 0 Å². The molecule has 0 aliphatic carbocycles. The lowest BCUT2D eigenvalue weighted by molar-refractivity contribution is -0.132. The number of nitrogens with one attached hydrogen (secondary N) is 2.